The molecule has 0 radical (unpaired) electrons. The molecule has 12 heteroatoms. The zero-order valence-corrected chi connectivity index (χ0v) is 17.8. The first-order chi connectivity index (χ1) is 14.8. The van der Waals surface area contributed by atoms with Crippen LogP contribution in [0.25, 0.3) is 6.08 Å². The Morgan fingerprint density at radius 3 is 2.81 bits per heavy atom. The summed E-state index contributed by atoms with van der Waals surface area (Å²) in [5.41, 5.74) is 0.514. The van der Waals surface area contributed by atoms with Crippen molar-refractivity contribution in [3.8, 4) is 17.4 Å². The number of amides is 2. The minimum atomic E-state index is -0.810. The maximum absolute atomic E-state index is 13.9. The number of ether oxygens (including phenoxy) is 3. The Kier molecular flexibility index (Phi) is 7.08. The number of thioether (sulfide) groups is 1. The van der Waals surface area contributed by atoms with E-state index < -0.39 is 29.5 Å². The third-order valence-corrected chi connectivity index (χ3v) is 4.93. The lowest BCUT2D eigenvalue weighted by atomic mass is 10.2. The summed E-state index contributed by atoms with van der Waals surface area (Å²) >= 11 is 6.38. The van der Waals surface area contributed by atoms with Crippen molar-refractivity contribution in [1.29, 1.82) is 0 Å². The van der Waals surface area contributed by atoms with Gasteiger partial charge < -0.3 is 14.2 Å². The van der Waals surface area contributed by atoms with Crippen LogP contribution in [-0.4, -0.2) is 52.2 Å². The highest BCUT2D eigenvalue weighted by molar-refractivity contribution is 8.18. The molecule has 162 valence electrons. The van der Waals surface area contributed by atoms with Crippen LogP contribution in [0.4, 0.5) is 9.18 Å². The summed E-state index contributed by atoms with van der Waals surface area (Å²) in [6, 6.07) is 4.62. The lowest BCUT2D eigenvalue weighted by molar-refractivity contribution is -0.143. The van der Waals surface area contributed by atoms with Gasteiger partial charge in [-0.1, -0.05) is 6.07 Å². The number of rotatable bonds is 7. The molecule has 1 aliphatic rings. The Morgan fingerprint density at radius 1 is 1.32 bits per heavy atom. The molecule has 1 aromatic heterocycles. The molecule has 0 bridgehead atoms. The zero-order valence-electron chi connectivity index (χ0n) is 16.3. The largest absolute Gasteiger partial charge is 0.490 e. The van der Waals surface area contributed by atoms with Crippen LogP contribution >= 0.6 is 23.4 Å². The lowest BCUT2D eigenvalue weighted by Gasteiger charge is -2.12. The van der Waals surface area contributed by atoms with E-state index >= 15 is 0 Å². The number of nitrogens with zero attached hydrogens (tertiary/aromatic N) is 3. The fourth-order valence-corrected chi connectivity index (χ4v) is 3.42. The second-order valence-electron chi connectivity index (χ2n) is 5.88. The van der Waals surface area contributed by atoms with Crippen LogP contribution in [0, 0.1) is 5.82 Å². The molecule has 0 atom stereocenters. The molecule has 1 saturated heterocycles. The van der Waals surface area contributed by atoms with E-state index in [0.717, 1.165) is 18.2 Å². The van der Waals surface area contributed by atoms with Crippen LogP contribution < -0.4 is 9.47 Å². The number of hydrogen-bond donors (Lipinski definition) is 0. The molecular weight excluding hydrogens is 453 g/mol. The summed E-state index contributed by atoms with van der Waals surface area (Å²) < 4.78 is 29.4. The predicted molar refractivity (Wildman–Crippen MR) is 109 cm³/mol. The molecule has 3 rings (SSSR count). The fraction of sp³-hybridized carbons (Fsp3) is 0.211. The first-order valence-corrected chi connectivity index (χ1v) is 9.96. The van der Waals surface area contributed by atoms with Crippen LogP contribution in [-0.2, 0) is 14.3 Å². The standard InChI is InChI=1S/C19H15ClFN3O6S/c1-3-29-13-6-10(4-5-12(13)30-16-11(21)8-22-18(20)23-16)7-14-17(26)24(19(27)31-14)9-15(25)28-2/h4-8H,3,9H2,1-2H3/b14-7+. The van der Waals surface area contributed by atoms with Gasteiger partial charge in [-0.15, -0.1) is 0 Å². The lowest BCUT2D eigenvalue weighted by Crippen LogP contribution is -2.34. The molecule has 31 heavy (non-hydrogen) atoms. The maximum Gasteiger partial charge on any atom is 0.325 e. The number of esters is 1. The first kappa shape index (κ1) is 22.5. The average Bonchev–Trinajstić information content (AvgIpc) is 2.99. The molecule has 1 aromatic carbocycles. The molecule has 2 aromatic rings. The van der Waals surface area contributed by atoms with Crippen LogP contribution in [0.5, 0.6) is 17.4 Å². The maximum atomic E-state index is 13.9. The Bertz CT molecular complexity index is 1080. The third kappa shape index (κ3) is 5.30. The number of carbonyl (C=O) groups is 3. The molecule has 1 aliphatic heterocycles. The molecule has 0 saturated carbocycles. The van der Waals surface area contributed by atoms with Gasteiger partial charge in [0, 0.05) is 0 Å². The van der Waals surface area contributed by atoms with Crippen molar-refractivity contribution in [2.75, 3.05) is 20.3 Å². The Labute approximate surface area is 185 Å². The van der Waals surface area contributed by atoms with Crippen LogP contribution in [0.2, 0.25) is 5.28 Å². The Hall–Kier alpha value is -3.18. The highest BCUT2D eigenvalue weighted by atomic mass is 35.5. The minimum Gasteiger partial charge on any atom is -0.490 e. The summed E-state index contributed by atoms with van der Waals surface area (Å²) in [4.78, 5) is 44.0. The van der Waals surface area contributed by atoms with Gasteiger partial charge in [0.25, 0.3) is 17.0 Å². The van der Waals surface area contributed by atoms with Gasteiger partial charge in [0.2, 0.25) is 11.1 Å². The van der Waals surface area contributed by atoms with Crippen molar-refractivity contribution >= 4 is 46.6 Å². The highest BCUT2D eigenvalue weighted by Crippen LogP contribution is 2.36. The van der Waals surface area contributed by atoms with Crippen molar-refractivity contribution in [2.45, 2.75) is 6.92 Å². The number of hydrogen-bond acceptors (Lipinski definition) is 9. The van der Waals surface area contributed by atoms with Gasteiger partial charge in [-0.2, -0.15) is 9.37 Å². The number of methoxy groups -OCH3 is 1. The molecule has 0 spiro atoms. The topological polar surface area (TPSA) is 108 Å². The quantitative estimate of drug-likeness (QED) is 0.342. The van der Waals surface area contributed by atoms with Crippen LogP contribution in [0.1, 0.15) is 12.5 Å². The monoisotopic (exact) mass is 467 g/mol. The van der Waals surface area contributed by atoms with Gasteiger partial charge in [0.1, 0.15) is 6.54 Å². The van der Waals surface area contributed by atoms with E-state index in [0.29, 0.717) is 17.3 Å². The summed E-state index contributed by atoms with van der Waals surface area (Å²) in [5, 5.41) is -0.767. The van der Waals surface area contributed by atoms with Gasteiger partial charge in [-0.3, -0.25) is 19.3 Å². The molecule has 9 nitrogen and oxygen atoms in total. The number of halogens is 2. The molecule has 2 heterocycles. The molecule has 1 fully saturated rings. The van der Waals surface area contributed by atoms with Gasteiger partial charge >= 0.3 is 5.97 Å². The Balaban J connectivity index is 1.87. The van der Waals surface area contributed by atoms with Crippen molar-refractivity contribution in [3.63, 3.8) is 0 Å². The van der Waals surface area contributed by atoms with Gasteiger partial charge in [0.05, 0.1) is 24.8 Å². The molecule has 2 amide bonds. The normalized spacial score (nSPS) is 14.8. The summed E-state index contributed by atoms with van der Waals surface area (Å²) in [6.07, 6.45) is 2.35. The number of imide groups is 1. The smallest absolute Gasteiger partial charge is 0.325 e. The van der Waals surface area contributed by atoms with Crippen molar-refractivity contribution in [3.05, 3.63) is 46.0 Å². The second-order valence-corrected chi connectivity index (χ2v) is 7.21. The van der Waals surface area contributed by atoms with Gasteiger partial charge in [-0.25, -0.2) is 4.98 Å². The van der Waals surface area contributed by atoms with E-state index in [1.54, 1.807) is 19.1 Å². The third-order valence-electron chi connectivity index (χ3n) is 3.84. The number of benzene rings is 1. The number of aromatic nitrogens is 2. The van der Waals surface area contributed by atoms with Gasteiger partial charge in [-0.05, 0) is 54.1 Å². The van der Waals surface area contributed by atoms with Crippen molar-refractivity contribution in [2.24, 2.45) is 0 Å². The SMILES string of the molecule is CCOc1cc(/C=C2/SC(=O)N(CC(=O)OC)C2=O)ccc1Oc1nc(Cl)ncc1F. The highest BCUT2D eigenvalue weighted by Gasteiger charge is 2.36. The summed E-state index contributed by atoms with van der Waals surface area (Å²) in [6.45, 7) is 1.56. The van der Waals surface area contributed by atoms with Crippen molar-refractivity contribution in [1.82, 2.24) is 14.9 Å². The molecule has 0 unspecified atom stereocenters. The van der Waals surface area contributed by atoms with E-state index in [1.165, 1.54) is 12.1 Å². The predicted octanol–water partition coefficient (Wildman–Crippen LogP) is 3.67. The van der Waals surface area contributed by atoms with Gasteiger partial charge in [0.15, 0.2) is 11.5 Å². The molecular formula is C19H15ClFN3O6S. The summed E-state index contributed by atoms with van der Waals surface area (Å²) in [5.74, 6) is -2.10. The van der Waals surface area contributed by atoms with E-state index in [2.05, 4.69) is 14.7 Å². The van der Waals surface area contributed by atoms with E-state index in [4.69, 9.17) is 21.1 Å². The fourth-order valence-electron chi connectivity index (χ4n) is 2.46. The van der Waals surface area contributed by atoms with Crippen LogP contribution in [0.15, 0.2) is 29.3 Å². The van der Waals surface area contributed by atoms with Crippen molar-refractivity contribution < 1.29 is 33.0 Å². The Morgan fingerprint density at radius 2 is 2.10 bits per heavy atom. The second kappa shape index (κ2) is 9.75. The van der Waals surface area contributed by atoms with E-state index in [1.807, 2.05) is 0 Å². The van der Waals surface area contributed by atoms with E-state index in [9.17, 15) is 18.8 Å². The first-order valence-electron chi connectivity index (χ1n) is 8.77. The van der Waals surface area contributed by atoms with E-state index in [-0.39, 0.29) is 34.2 Å². The average molecular weight is 468 g/mol. The number of carbonyl (C=O) groups excluding carboxylic acids is 3. The zero-order chi connectivity index (χ0) is 22.5. The van der Waals surface area contributed by atoms with Crippen LogP contribution in [0.3, 0.4) is 0 Å². The summed E-state index contributed by atoms with van der Waals surface area (Å²) in [7, 11) is 1.16. The minimum absolute atomic E-state index is 0.124. The molecule has 0 N–H and O–H groups in total. The molecule has 0 aliphatic carbocycles.